The van der Waals surface area contributed by atoms with E-state index in [9.17, 15) is 19.8 Å². The number of nitrogens with zero attached hydrogens (tertiary/aromatic N) is 2. The Morgan fingerprint density at radius 3 is 2.64 bits per heavy atom. The van der Waals surface area contributed by atoms with Gasteiger partial charge in [0, 0.05) is 77.1 Å². The third kappa shape index (κ3) is 5.28. The van der Waals surface area contributed by atoms with Gasteiger partial charge in [-0.05, 0) is 57.0 Å². The number of aromatic amines is 1. The highest BCUT2D eigenvalue weighted by Gasteiger charge is 2.58. The number of phenolic OH excluding ortho intramolecular Hbond substituents is 1. The minimum atomic E-state index is -1.51. The van der Waals surface area contributed by atoms with E-state index in [2.05, 4.69) is 26.2 Å². The molecule has 10 rings (SSSR count). The second-order valence-corrected chi connectivity index (χ2v) is 16.6. The maximum Gasteiger partial charge on any atom is 0.333 e. The summed E-state index contributed by atoms with van der Waals surface area (Å²) < 4.78 is 30.4. The molecule has 2 bridgehead atoms. The fraction of sp³-hybridized carbons (Fsp3) is 0.463. The van der Waals surface area contributed by atoms with E-state index < -0.39 is 41.3 Å². The lowest BCUT2D eigenvalue weighted by atomic mass is 9.87. The number of para-hydroxylation sites is 1. The Hall–Kier alpha value is -4.47. The molecule has 2 saturated heterocycles. The van der Waals surface area contributed by atoms with E-state index in [1.165, 1.54) is 6.92 Å². The summed E-state index contributed by atoms with van der Waals surface area (Å²) >= 11 is 1.60. The highest BCUT2D eigenvalue weighted by Crippen LogP contribution is 2.56. The molecule has 7 heterocycles. The number of aliphatic hydroxyl groups is 1. The van der Waals surface area contributed by atoms with Crippen LogP contribution in [-0.2, 0) is 32.7 Å². The number of H-pyrrole nitrogens is 1. The van der Waals surface area contributed by atoms with Crippen molar-refractivity contribution in [2.24, 2.45) is 0 Å². The van der Waals surface area contributed by atoms with Crippen LogP contribution in [0, 0.1) is 20.8 Å². The van der Waals surface area contributed by atoms with E-state index >= 15 is 0 Å². The number of methoxy groups -OCH3 is 1. The predicted octanol–water partition coefficient (Wildman–Crippen LogP) is 4.44. The summed E-state index contributed by atoms with van der Waals surface area (Å²) in [4.78, 5) is 35.1. The number of esters is 2. The molecule has 4 aromatic rings. The van der Waals surface area contributed by atoms with Crippen molar-refractivity contribution in [1.29, 1.82) is 0 Å². The van der Waals surface area contributed by atoms with Crippen LogP contribution in [0.5, 0.6) is 28.7 Å². The molecule has 0 aliphatic carbocycles. The number of nitrogens with one attached hydrogen (secondary N) is 2. The molecule has 1 spiro atoms. The average Bonchev–Trinajstić information content (AvgIpc) is 3.74. The number of fused-ring (bicyclic) bond motifs is 6. The van der Waals surface area contributed by atoms with Crippen molar-refractivity contribution in [3.63, 3.8) is 0 Å². The van der Waals surface area contributed by atoms with Crippen LogP contribution in [0.15, 0.2) is 30.3 Å². The molecule has 13 nitrogen and oxygen atoms in total. The molecule has 14 heteroatoms. The third-order valence-electron chi connectivity index (χ3n) is 12.3. The number of carbonyl (C=O) groups is 2. The number of hydrogen-bond acceptors (Lipinski definition) is 13. The summed E-state index contributed by atoms with van der Waals surface area (Å²) in [7, 11) is 3.52. The first kappa shape index (κ1) is 36.2. The molecule has 2 fully saturated rings. The summed E-state index contributed by atoms with van der Waals surface area (Å²) in [6.07, 6.45) is 0.929. The number of aryl methyl sites for hydroxylation is 1. The van der Waals surface area contributed by atoms with Gasteiger partial charge in [0.05, 0.1) is 24.9 Å². The Balaban J connectivity index is 1.27. The summed E-state index contributed by atoms with van der Waals surface area (Å²) in [5.74, 6) is 1.58. The van der Waals surface area contributed by atoms with Crippen LogP contribution in [0.25, 0.3) is 10.9 Å². The van der Waals surface area contributed by atoms with Gasteiger partial charge in [-0.1, -0.05) is 24.3 Å². The molecular formula is C41H46N4O9S. The van der Waals surface area contributed by atoms with Crippen LogP contribution in [-0.4, -0.2) is 101 Å². The number of aromatic hydroxyl groups is 1. The fourth-order valence-corrected chi connectivity index (χ4v) is 11.6. The van der Waals surface area contributed by atoms with Gasteiger partial charge in [0.2, 0.25) is 6.79 Å². The van der Waals surface area contributed by atoms with E-state index in [1.807, 2.05) is 52.1 Å². The topological polar surface area (TPSA) is 155 Å². The first-order valence-electron chi connectivity index (χ1n) is 18.7. The van der Waals surface area contributed by atoms with Crippen LogP contribution >= 0.6 is 11.8 Å². The van der Waals surface area contributed by atoms with Crippen molar-refractivity contribution in [2.75, 3.05) is 52.2 Å². The Bertz CT molecular complexity index is 2280. The number of carbonyl (C=O) groups excluding carboxylic acids is 2. The molecule has 4 N–H and O–H groups in total. The first-order chi connectivity index (χ1) is 26.4. The summed E-state index contributed by atoms with van der Waals surface area (Å²) in [5, 5.41) is 29.8. The molecule has 6 aliphatic heterocycles. The molecule has 5 atom stereocenters. The van der Waals surface area contributed by atoms with Crippen LogP contribution in [0.4, 0.5) is 0 Å². The molecule has 3 unspecified atom stereocenters. The van der Waals surface area contributed by atoms with Gasteiger partial charge in [-0.3, -0.25) is 19.9 Å². The standard InChI is InChI=1S/C41H46N4O9S/c1-20-13-24-14-40(49)17-44(5)32(31(24)33(47)34(20)50-6)29-16-55-18-41(38-26(11-12-42-41)25-9-7-8-10-27(25)43-38)39(48)51-15-28(45(29)40)30-21(2)35(54-23(4)46)22(3)36-37(30)53-19-52-36/h7-10,13,28-29,32,42-43,47,49H,11-12,14-19H2,1-6H3/t28?,29-,32?,40?,41+/m0/s1. The molecular weight excluding hydrogens is 725 g/mol. The minimum absolute atomic E-state index is 0.0534. The van der Waals surface area contributed by atoms with Crippen molar-refractivity contribution in [2.45, 2.75) is 69.9 Å². The average molecular weight is 771 g/mol. The van der Waals surface area contributed by atoms with Gasteiger partial charge < -0.3 is 38.9 Å². The van der Waals surface area contributed by atoms with Gasteiger partial charge in [-0.25, -0.2) is 4.79 Å². The highest BCUT2D eigenvalue weighted by atomic mass is 32.2. The Labute approximate surface area is 323 Å². The number of piperazine rings is 1. The zero-order valence-corrected chi connectivity index (χ0v) is 32.6. The number of hydrogen-bond donors (Lipinski definition) is 4. The van der Waals surface area contributed by atoms with Gasteiger partial charge in [0.15, 0.2) is 28.5 Å². The number of phenols is 1. The number of likely N-dealkylation sites (N-methyl/N-ethyl adjacent to an activating group) is 1. The van der Waals surface area contributed by atoms with Crippen LogP contribution in [0.2, 0.25) is 0 Å². The number of benzene rings is 3. The van der Waals surface area contributed by atoms with E-state index in [-0.39, 0.29) is 32.1 Å². The number of thioether (sulfide) groups is 1. The van der Waals surface area contributed by atoms with Crippen molar-refractivity contribution in [3.8, 4) is 28.7 Å². The molecule has 6 aliphatic rings. The van der Waals surface area contributed by atoms with Gasteiger partial charge in [-0.2, -0.15) is 11.8 Å². The monoisotopic (exact) mass is 770 g/mol. The number of ether oxygens (including phenoxy) is 5. The van der Waals surface area contributed by atoms with E-state index in [0.29, 0.717) is 63.3 Å². The maximum atomic E-state index is 14.9. The van der Waals surface area contributed by atoms with Crippen molar-refractivity contribution >= 4 is 34.6 Å². The van der Waals surface area contributed by atoms with Crippen LogP contribution in [0.3, 0.4) is 0 Å². The normalized spacial score (nSPS) is 27.6. The van der Waals surface area contributed by atoms with Gasteiger partial charge in [-0.15, -0.1) is 0 Å². The lowest BCUT2D eigenvalue weighted by Gasteiger charge is -2.56. The third-order valence-corrected chi connectivity index (χ3v) is 13.5. The van der Waals surface area contributed by atoms with Gasteiger partial charge in [0.1, 0.15) is 18.1 Å². The Morgan fingerprint density at radius 2 is 1.85 bits per heavy atom. The van der Waals surface area contributed by atoms with Crippen molar-refractivity contribution in [1.82, 2.24) is 20.1 Å². The van der Waals surface area contributed by atoms with E-state index in [1.54, 1.807) is 18.9 Å². The predicted molar refractivity (Wildman–Crippen MR) is 205 cm³/mol. The molecule has 1 aromatic heterocycles. The Morgan fingerprint density at radius 1 is 1.07 bits per heavy atom. The lowest BCUT2D eigenvalue weighted by Crippen LogP contribution is -2.68. The highest BCUT2D eigenvalue weighted by molar-refractivity contribution is 7.99. The second-order valence-electron chi connectivity index (χ2n) is 15.5. The fourth-order valence-electron chi connectivity index (χ4n) is 10.2. The summed E-state index contributed by atoms with van der Waals surface area (Å²) in [6.45, 7) is 7.50. The lowest BCUT2D eigenvalue weighted by molar-refractivity contribution is -0.207. The van der Waals surface area contributed by atoms with Crippen molar-refractivity contribution in [3.05, 3.63) is 75.0 Å². The Kier molecular flexibility index (Phi) is 8.59. The smallest absolute Gasteiger partial charge is 0.333 e. The van der Waals surface area contributed by atoms with E-state index in [0.717, 1.165) is 39.7 Å². The number of rotatable bonds is 3. The molecule has 0 saturated carbocycles. The summed E-state index contributed by atoms with van der Waals surface area (Å²) in [5.41, 5.74) is 4.24. The maximum absolute atomic E-state index is 14.9. The van der Waals surface area contributed by atoms with E-state index in [4.69, 9.17) is 23.7 Å². The zero-order chi connectivity index (χ0) is 38.6. The zero-order valence-electron chi connectivity index (χ0n) is 31.8. The minimum Gasteiger partial charge on any atom is -0.504 e. The van der Waals surface area contributed by atoms with Gasteiger partial charge in [0.25, 0.3) is 0 Å². The van der Waals surface area contributed by atoms with Gasteiger partial charge >= 0.3 is 11.9 Å². The van der Waals surface area contributed by atoms with Crippen molar-refractivity contribution < 1.29 is 43.5 Å². The van der Waals surface area contributed by atoms with Crippen LogP contribution < -0.4 is 24.3 Å². The number of cyclic esters (lactones) is 1. The van der Waals surface area contributed by atoms with Crippen LogP contribution in [0.1, 0.15) is 63.6 Å². The quantitative estimate of drug-likeness (QED) is 0.172. The second kappa shape index (κ2) is 13.1. The molecule has 0 radical (unpaired) electrons. The largest absolute Gasteiger partial charge is 0.504 e. The SMILES string of the molecule is COc1c(C)cc2c(c1O)C1[C@@H]3CSC[C@]4(NCCc5c4[nH]c4ccccc54)C(=O)OCC(c4c(C)c(OC(C)=O)c(C)c5c4OCO5)N3C(O)(C2)CN1C. The molecule has 55 heavy (non-hydrogen) atoms. The molecule has 290 valence electrons. The molecule has 0 amide bonds. The summed E-state index contributed by atoms with van der Waals surface area (Å²) in [6, 6.07) is 8.45. The number of aromatic nitrogens is 1. The molecule has 3 aromatic carbocycles. The first-order valence-corrected chi connectivity index (χ1v) is 19.9.